The molecule has 0 saturated carbocycles. The van der Waals surface area contributed by atoms with E-state index in [0.29, 0.717) is 0 Å². The molecule has 0 aromatic rings. The molecule has 12 heavy (non-hydrogen) atoms. The third kappa shape index (κ3) is 391. The summed E-state index contributed by atoms with van der Waals surface area (Å²) in [5, 5.41) is 27.9. The van der Waals surface area contributed by atoms with Gasteiger partial charge in [0.1, 0.15) is 0 Å². The summed E-state index contributed by atoms with van der Waals surface area (Å²) >= 11 is 0. The molecule has 0 unspecified atom stereocenters. The Morgan fingerprint density at radius 1 is 0.833 bits per heavy atom. The van der Waals surface area contributed by atoms with E-state index in [-0.39, 0.29) is 111 Å². The van der Waals surface area contributed by atoms with Gasteiger partial charge in [0.2, 0.25) is 0 Å². The third-order valence-corrected chi connectivity index (χ3v) is 0. The van der Waals surface area contributed by atoms with Crippen molar-refractivity contribution in [2.75, 3.05) is 0 Å². The van der Waals surface area contributed by atoms with Crippen molar-refractivity contribution in [3.05, 3.63) is 0 Å². The third-order valence-electron chi connectivity index (χ3n) is 0. The fourth-order valence-corrected chi connectivity index (χ4v) is 0. The topological polar surface area (TPSA) is 150 Å². The Hall–Kier alpha value is 1.90. The van der Waals surface area contributed by atoms with Crippen molar-refractivity contribution >= 4 is 12.3 Å². The van der Waals surface area contributed by atoms with Crippen LogP contribution >= 0.6 is 0 Å². The van der Waals surface area contributed by atoms with Gasteiger partial charge >= 0.3 is 63.7 Å². The molecular weight excluding hydrogens is 356 g/mol. The molecular formula is C2H8KNO6Zr2. The van der Waals surface area contributed by atoms with E-state index in [1.165, 1.54) is 0 Å². The monoisotopic (exact) mass is 361 g/mol. The van der Waals surface area contributed by atoms with Crippen molar-refractivity contribution in [1.29, 1.82) is 0 Å². The molecule has 0 aromatic heterocycles. The van der Waals surface area contributed by atoms with Crippen LogP contribution in [0, 0.1) is 0 Å². The number of carbonyl (C=O) groups is 2. The fourth-order valence-electron chi connectivity index (χ4n) is 0. The maximum atomic E-state index is 8.56. The molecule has 0 heterocycles. The zero-order chi connectivity index (χ0) is 7.15. The zero-order valence-corrected chi connectivity index (χ0v) is 14.4. The van der Waals surface area contributed by atoms with Crippen LogP contribution in [0.1, 0.15) is 1.43 Å². The summed E-state index contributed by atoms with van der Waals surface area (Å²) in [6, 6.07) is 0. The van der Waals surface area contributed by atoms with Crippen LogP contribution in [-0.2, 0) is 52.4 Å². The van der Waals surface area contributed by atoms with Crippen LogP contribution in [0.4, 0.5) is 9.59 Å². The Balaban J connectivity index is -0.00000000800. The van der Waals surface area contributed by atoms with Crippen molar-refractivity contribution in [3.8, 4) is 0 Å². The zero-order valence-electron chi connectivity index (χ0n) is 7.31. The molecule has 0 bridgehead atoms. The normalized spacial score (nSPS) is 4.00. The molecule has 0 aliphatic rings. The molecule has 0 aromatic carbocycles. The second kappa shape index (κ2) is 29.3. The summed E-state index contributed by atoms with van der Waals surface area (Å²) in [4.78, 5) is 17.1. The molecule has 7 nitrogen and oxygen atoms in total. The van der Waals surface area contributed by atoms with Gasteiger partial charge in [0, 0.05) is 52.4 Å². The first-order valence-corrected chi connectivity index (χ1v) is 1.30. The van der Waals surface area contributed by atoms with Gasteiger partial charge in [-0.15, -0.1) is 0 Å². The molecule has 0 aliphatic heterocycles. The number of carboxylic acid groups (broad SMARTS) is 4. The van der Waals surface area contributed by atoms with E-state index in [2.05, 4.69) is 0 Å². The summed E-state index contributed by atoms with van der Waals surface area (Å²) < 4.78 is 0. The predicted octanol–water partition coefficient (Wildman–Crippen LogP) is -2.28. The Morgan fingerprint density at radius 3 is 0.833 bits per heavy atom. The molecule has 0 spiro atoms. The smallest absolute Gasteiger partial charge is 1.00 e. The van der Waals surface area contributed by atoms with Gasteiger partial charge in [-0.3, -0.25) is 0 Å². The largest absolute Gasteiger partial charge is 1.00 e. The van der Waals surface area contributed by atoms with Crippen LogP contribution in [0.25, 0.3) is 0 Å². The summed E-state index contributed by atoms with van der Waals surface area (Å²) in [6.45, 7) is 0. The van der Waals surface area contributed by atoms with Crippen LogP contribution in [0.2, 0.25) is 0 Å². The maximum Gasteiger partial charge on any atom is 1.00 e. The average molecular weight is 364 g/mol. The second-order valence-corrected chi connectivity index (χ2v) is 0.565. The average Bonchev–Trinajstić information content (AvgIpc) is 1.25. The molecule has 10 heteroatoms. The van der Waals surface area contributed by atoms with E-state index >= 15 is 0 Å². The maximum absolute atomic E-state index is 8.56. The van der Waals surface area contributed by atoms with E-state index < -0.39 is 12.3 Å². The minimum atomic E-state index is -1.83. The van der Waals surface area contributed by atoms with E-state index in [9.17, 15) is 0 Å². The van der Waals surface area contributed by atoms with Gasteiger partial charge in [-0.2, -0.15) is 0 Å². The molecule has 0 atom stereocenters. The van der Waals surface area contributed by atoms with Gasteiger partial charge in [-0.05, 0) is 0 Å². The van der Waals surface area contributed by atoms with Crippen molar-refractivity contribution in [2.45, 2.75) is 0 Å². The summed E-state index contributed by atoms with van der Waals surface area (Å²) in [5.41, 5.74) is 0. The van der Waals surface area contributed by atoms with Gasteiger partial charge in [0.05, 0.1) is 0 Å². The minimum Gasteiger partial charge on any atom is -1.00 e. The molecule has 0 fully saturated rings. The van der Waals surface area contributed by atoms with Crippen molar-refractivity contribution in [1.82, 2.24) is 6.15 Å². The van der Waals surface area contributed by atoms with Crippen LogP contribution in [0.3, 0.4) is 0 Å². The molecule has 0 amide bonds. The Kier molecular flexibility index (Phi) is 90.4. The Labute approximate surface area is 151 Å². The standard InChI is InChI=1S/2CH2O3.K.H3N.2Zr.H/c2*2-1(3)4;;;;;/h2*(H2,2,3,4);;1H3;;;/q;;+1;;;;-1. The molecule has 7 N–H and O–H groups in total. The molecule has 0 saturated heterocycles. The first kappa shape index (κ1) is 37.1. The fraction of sp³-hybridized carbons (Fsp3) is 0. The van der Waals surface area contributed by atoms with Crippen LogP contribution in [-0.4, -0.2) is 32.7 Å². The van der Waals surface area contributed by atoms with Crippen LogP contribution in [0.5, 0.6) is 0 Å². The second-order valence-electron chi connectivity index (χ2n) is 0.565. The molecule has 0 aliphatic carbocycles. The summed E-state index contributed by atoms with van der Waals surface area (Å²) in [5.74, 6) is 0. The number of hydrogen-bond donors (Lipinski definition) is 5. The van der Waals surface area contributed by atoms with Crippen molar-refractivity contribution in [3.63, 3.8) is 0 Å². The van der Waals surface area contributed by atoms with Crippen LogP contribution < -0.4 is 57.5 Å². The van der Waals surface area contributed by atoms with Gasteiger partial charge in [-0.1, -0.05) is 0 Å². The van der Waals surface area contributed by atoms with Gasteiger partial charge in [0.15, 0.2) is 0 Å². The van der Waals surface area contributed by atoms with E-state index in [1.807, 2.05) is 0 Å². The first-order valence-electron chi connectivity index (χ1n) is 1.30. The Morgan fingerprint density at radius 2 is 0.833 bits per heavy atom. The molecule has 66 valence electrons. The molecule has 0 rings (SSSR count). The van der Waals surface area contributed by atoms with Crippen LogP contribution in [0.15, 0.2) is 0 Å². The summed E-state index contributed by atoms with van der Waals surface area (Å²) in [7, 11) is 0. The van der Waals surface area contributed by atoms with E-state index in [1.54, 1.807) is 0 Å². The van der Waals surface area contributed by atoms with Gasteiger partial charge in [0.25, 0.3) is 0 Å². The number of rotatable bonds is 0. The van der Waals surface area contributed by atoms with Crippen molar-refractivity contribution in [2.24, 2.45) is 0 Å². The van der Waals surface area contributed by atoms with Gasteiger partial charge in [-0.25, -0.2) is 9.59 Å². The van der Waals surface area contributed by atoms with E-state index in [4.69, 9.17) is 30.0 Å². The van der Waals surface area contributed by atoms with Gasteiger partial charge < -0.3 is 28.0 Å². The van der Waals surface area contributed by atoms with E-state index in [0.717, 1.165) is 0 Å². The summed E-state index contributed by atoms with van der Waals surface area (Å²) in [6.07, 6.45) is -3.67. The predicted molar refractivity (Wildman–Crippen MR) is 27.4 cm³/mol. The minimum absolute atomic E-state index is 0. The quantitative estimate of drug-likeness (QED) is 0.304. The number of hydrogen-bond acceptors (Lipinski definition) is 3. The first-order chi connectivity index (χ1) is 3.46. The Bertz CT molecular complexity index is 86.6. The SMILES string of the molecule is N.O=C(O)O.O=C(O)O.[H-].[K+].[Zr].[Zr]. The van der Waals surface area contributed by atoms with Crippen molar-refractivity contribution < 1.29 is 135 Å². The molecule has 0 radical (unpaired) electrons.